The summed E-state index contributed by atoms with van der Waals surface area (Å²) < 4.78 is 5.50. The molecule has 0 aromatic heterocycles. The molecule has 3 aromatic rings. The molecule has 0 unspecified atom stereocenters. The molecule has 0 atom stereocenters. The van der Waals surface area contributed by atoms with Crippen LogP contribution in [0.2, 0.25) is 0 Å². The van der Waals surface area contributed by atoms with Gasteiger partial charge in [-0.25, -0.2) is 0 Å². The lowest BCUT2D eigenvalue weighted by Crippen LogP contribution is -2.11. The minimum Gasteiger partial charge on any atom is -0.496 e. The molecule has 0 saturated carbocycles. The molecule has 0 spiro atoms. The first-order valence-electron chi connectivity index (χ1n) is 8.47. The van der Waals surface area contributed by atoms with Crippen molar-refractivity contribution in [2.45, 2.75) is 19.8 Å². The third-order valence-electron chi connectivity index (χ3n) is 4.80. The number of hydrogen-bond acceptors (Lipinski definition) is 3. The van der Waals surface area contributed by atoms with Crippen molar-refractivity contribution >= 4 is 22.3 Å². The predicted molar refractivity (Wildman–Crippen MR) is 98.6 cm³/mol. The molecule has 0 saturated heterocycles. The Morgan fingerprint density at radius 1 is 0.960 bits per heavy atom. The van der Waals surface area contributed by atoms with Crippen LogP contribution in [0.15, 0.2) is 48.5 Å². The molecule has 1 aliphatic rings. The van der Waals surface area contributed by atoms with Crippen molar-refractivity contribution in [1.82, 2.24) is 0 Å². The fourth-order valence-corrected chi connectivity index (χ4v) is 3.63. The first-order chi connectivity index (χ1) is 12.2. The fraction of sp³-hybridized carbons (Fsp3) is 0.182. The number of ether oxygens (including phenoxy) is 1. The van der Waals surface area contributed by atoms with Gasteiger partial charge in [-0.15, -0.1) is 0 Å². The van der Waals surface area contributed by atoms with Gasteiger partial charge >= 0.3 is 0 Å². The predicted octanol–water partition coefficient (Wildman–Crippen LogP) is 5.04. The Kier molecular flexibility index (Phi) is 3.65. The lowest BCUT2D eigenvalue weighted by molar-refractivity contribution is 0.0981. The Bertz CT molecular complexity index is 1030. The third-order valence-corrected chi connectivity index (χ3v) is 4.80. The van der Waals surface area contributed by atoms with Crippen molar-refractivity contribution in [2.24, 2.45) is 0 Å². The summed E-state index contributed by atoms with van der Waals surface area (Å²) in [6, 6.07) is 15.0. The maximum Gasteiger partial charge on any atom is 0.194 e. The highest BCUT2D eigenvalue weighted by Crippen LogP contribution is 2.43. The van der Waals surface area contributed by atoms with Gasteiger partial charge in [0, 0.05) is 33.9 Å². The van der Waals surface area contributed by atoms with Gasteiger partial charge in [-0.2, -0.15) is 0 Å². The van der Waals surface area contributed by atoms with Gasteiger partial charge in [0.05, 0.1) is 7.11 Å². The van der Waals surface area contributed by atoms with E-state index < -0.39 is 0 Å². The van der Waals surface area contributed by atoms with E-state index in [-0.39, 0.29) is 11.6 Å². The molecule has 0 bridgehead atoms. The standard InChI is InChI=1S/C22H18O3/c1-3-6-19(23)13-11-17-14-7-4-5-8-15(14)22(24)16-9-10-20(25-2)18(12-13)21(16)17/h4-5,7-12H,3,6H2,1-2H3. The fourth-order valence-electron chi connectivity index (χ4n) is 3.63. The van der Waals surface area contributed by atoms with Gasteiger partial charge in [-0.3, -0.25) is 9.59 Å². The van der Waals surface area contributed by atoms with Gasteiger partial charge in [-0.1, -0.05) is 31.2 Å². The average Bonchev–Trinajstić information content (AvgIpc) is 2.65. The Balaban J connectivity index is 2.13. The Labute approximate surface area is 146 Å². The molecule has 0 heterocycles. The number of rotatable bonds is 4. The molecule has 3 heteroatoms. The zero-order chi connectivity index (χ0) is 17.6. The summed E-state index contributed by atoms with van der Waals surface area (Å²) in [7, 11) is 1.61. The molecule has 3 nitrogen and oxygen atoms in total. The molecular formula is C22H18O3. The SMILES string of the molecule is CCCC(=O)c1cc2c3c(ccc(OC)c3c1)C(=O)c1ccccc1-2. The summed E-state index contributed by atoms with van der Waals surface area (Å²) in [5, 5.41) is 1.69. The van der Waals surface area contributed by atoms with E-state index >= 15 is 0 Å². The van der Waals surface area contributed by atoms with E-state index in [1.807, 2.05) is 49.4 Å². The first-order valence-corrected chi connectivity index (χ1v) is 8.47. The number of benzene rings is 3. The topological polar surface area (TPSA) is 43.4 Å². The highest BCUT2D eigenvalue weighted by Gasteiger charge is 2.27. The van der Waals surface area contributed by atoms with Crippen molar-refractivity contribution in [1.29, 1.82) is 0 Å². The molecule has 0 aliphatic heterocycles. The van der Waals surface area contributed by atoms with Gasteiger partial charge in [-0.05, 0) is 41.8 Å². The van der Waals surface area contributed by atoms with E-state index in [9.17, 15) is 9.59 Å². The highest BCUT2D eigenvalue weighted by molar-refractivity contribution is 6.27. The summed E-state index contributed by atoms with van der Waals surface area (Å²) in [5.41, 5.74) is 3.83. The Morgan fingerprint density at radius 2 is 1.72 bits per heavy atom. The molecule has 25 heavy (non-hydrogen) atoms. The second-order valence-corrected chi connectivity index (χ2v) is 6.31. The second kappa shape index (κ2) is 5.85. The maximum absolute atomic E-state index is 12.9. The normalized spacial score (nSPS) is 12.2. The van der Waals surface area contributed by atoms with E-state index in [0.717, 1.165) is 28.3 Å². The molecule has 0 radical (unpaired) electrons. The smallest absolute Gasteiger partial charge is 0.194 e. The number of methoxy groups -OCH3 is 1. The number of fused-ring (bicyclic) bond motifs is 2. The highest BCUT2D eigenvalue weighted by atomic mass is 16.5. The Hall–Kier alpha value is -2.94. The number of ketones is 2. The lowest BCUT2D eigenvalue weighted by atomic mass is 9.81. The van der Waals surface area contributed by atoms with Crippen LogP contribution in [0.5, 0.6) is 5.75 Å². The summed E-state index contributed by atoms with van der Waals surface area (Å²) in [6.45, 7) is 2.00. The van der Waals surface area contributed by atoms with Crippen LogP contribution in [0.4, 0.5) is 0 Å². The van der Waals surface area contributed by atoms with Crippen LogP contribution >= 0.6 is 0 Å². The first kappa shape index (κ1) is 15.6. The second-order valence-electron chi connectivity index (χ2n) is 6.31. The van der Waals surface area contributed by atoms with Crippen LogP contribution in [-0.4, -0.2) is 18.7 Å². The molecule has 0 N–H and O–H groups in total. The van der Waals surface area contributed by atoms with E-state index in [1.54, 1.807) is 13.2 Å². The lowest BCUT2D eigenvalue weighted by Gasteiger charge is -2.22. The molecule has 3 aromatic carbocycles. The van der Waals surface area contributed by atoms with Crippen molar-refractivity contribution in [3.05, 3.63) is 65.2 Å². The van der Waals surface area contributed by atoms with Crippen LogP contribution in [0, 0.1) is 0 Å². The zero-order valence-electron chi connectivity index (χ0n) is 14.3. The molecule has 124 valence electrons. The minimum absolute atomic E-state index is 0.0170. The maximum atomic E-state index is 12.9. The third kappa shape index (κ3) is 2.27. The van der Waals surface area contributed by atoms with Crippen LogP contribution in [-0.2, 0) is 0 Å². The number of carbonyl (C=O) groups is 2. The molecule has 1 aliphatic carbocycles. The molecule has 4 rings (SSSR count). The van der Waals surface area contributed by atoms with E-state index in [2.05, 4.69) is 0 Å². The van der Waals surface area contributed by atoms with Gasteiger partial charge in [0.15, 0.2) is 11.6 Å². The van der Waals surface area contributed by atoms with Gasteiger partial charge in [0.1, 0.15) is 5.75 Å². The Morgan fingerprint density at radius 3 is 2.44 bits per heavy atom. The number of hydrogen-bond donors (Lipinski definition) is 0. The number of carbonyl (C=O) groups excluding carboxylic acids is 2. The van der Waals surface area contributed by atoms with Gasteiger partial charge < -0.3 is 4.74 Å². The summed E-state index contributed by atoms with van der Waals surface area (Å²) in [6.07, 6.45) is 1.31. The monoisotopic (exact) mass is 330 g/mol. The van der Waals surface area contributed by atoms with E-state index in [4.69, 9.17) is 4.74 Å². The van der Waals surface area contributed by atoms with Crippen LogP contribution < -0.4 is 4.74 Å². The largest absolute Gasteiger partial charge is 0.496 e. The van der Waals surface area contributed by atoms with Crippen LogP contribution in [0.1, 0.15) is 46.0 Å². The summed E-state index contributed by atoms with van der Waals surface area (Å²) in [5.74, 6) is 0.809. The van der Waals surface area contributed by atoms with Gasteiger partial charge in [0.2, 0.25) is 0 Å². The molecule has 0 amide bonds. The minimum atomic E-state index is 0.0170. The zero-order valence-corrected chi connectivity index (χ0v) is 14.3. The van der Waals surface area contributed by atoms with Gasteiger partial charge in [0.25, 0.3) is 0 Å². The van der Waals surface area contributed by atoms with E-state index in [0.29, 0.717) is 28.9 Å². The quantitative estimate of drug-likeness (QED) is 0.492. The van der Waals surface area contributed by atoms with Crippen LogP contribution in [0.3, 0.4) is 0 Å². The van der Waals surface area contributed by atoms with Crippen molar-refractivity contribution in [3.63, 3.8) is 0 Å². The number of Topliss-reactive ketones (excluding diaryl/α,β-unsaturated/α-hetero) is 1. The van der Waals surface area contributed by atoms with Crippen molar-refractivity contribution in [3.8, 4) is 16.9 Å². The van der Waals surface area contributed by atoms with Crippen molar-refractivity contribution < 1.29 is 14.3 Å². The average molecular weight is 330 g/mol. The van der Waals surface area contributed by atoms with Crippen molar-refractivity contribution in [2.75, 3.05) is 7.11 Å². The van der Waals surface area contributed by atoms with E-state index in [1.165, 1.54) is 0 Å². The summed E-state index contributed by atoms with van der Waals surface area (Å²) >= 11 is 0. The molecular weight excluding hydrogens is 312 g/mol. The molecule has 0 fully saturated rings. The summed E-state index contributed by atoms with van der Waals surface area (Å²) in [4.78, 5) is 25.4. The van der Waals surface area contributed by atoms with Crippen LogP contribution in [0.25, 0.3) is 21.9 Å².